The third-order valence-corrected chi connectivity index (χ3v) is 4.16. The molecule has 0 N–H and O–H groups in total. The molecule has 0 saturated heterocycles. The second-order valence-electron chi connectivity index (χ2n) is 5.05. The predicted molar refractivity (Wildman–Crippen MR) is 62.6 cm³/mol. The zero-order chi connectivity index (χ0) is 10.7. The molecule has 0 aromatic carbocycles. The summed E-state index contributed by atoms with van der Waals surface area (Å²) < 4.78 is 0. The fraction of sp³-hybridized carbons (Fsp3) is 0.786. The Morgan fingerprint density at radius 2 is 1.80 bits per heavy atom. The van der Waals surface area contributed by atoms with Crippen molar-refractivity contribution in [2.45, 2.75) is 51.9 Å². The number of hydrogen-bond acceptors (Lipinski definition) is 1. The van der Waals surface area contributed by atoms with Gasteiger partial charge in [-0.1, -0.05) is 19.1 Å². The topological polar surface area (TPSA) is 17.1 Å². The van der Waals surface area contributed by atoms with Gasteiger partial charge < -0.3 is 0 Å². The summed E-state index contributed by atoms with van der Waals surface area (Å²) in [6.45, 7) is 1.97. The predicted octanol–water partition coefficient (Wildman–Crippen LogP) is 3.74. The normalized spacial score (nSPS) is 36.2. The van der Waals surface area contributed by atoms with Crippen LogP contribution in [0.25, 0.3) is 0 Å². The van der Waals surface area contributed by atoms with Gasteiger partial charge >= 0.3 is 0 Å². The Kier molecular flexibility index (Phi) is 3.61. The molecular weight excluding hydrogens is 184 g/mol. The van der Waals surface area contributed by atoms with E-state index in [-0.39, 0.29) is 0 Å². The van der Waals surface area contributed by atoms with Crippen molar-refractivity contribution in [3.05, 3.63) is 12.2 Å². The van der Waals surface area contributed by atoms with Crippen molar-refractivity contribution >= 4 is 5.78 Å². The van der Waals surface area contributed by atoms with Crippen molar-refractivity contribution in [1.82, 2.24) is 0 Å². The van der Waals surface area contributed by atoms with Gasteiger partial charge in [-0.15, -0.1) is 0 Å². The maximum atomic E-state index is 11.3. The molecule has 1 fully saturated rings. The first-order valence-corrected chi connectivity index (χ1v) is 6.49. The fourth-order valence-electron chi connectivity index (χ4n) is 3.13. The lowest BCUT2D eigenvalue weighted by Crippen LogP contribution is -1.96. The van der Waals surface area contributed by atoms with Crippen molar-refractivity contribution in [3.63, 3.8) is 0 Å². The lowest BCUT2D eigenvalue weighted by molar-refractivity contribution is -0.118. The number of Topliss-reactive ketones (excluding diaryl/α,β-unsaturated/α-hetero) is 1. The smallest absolute Gasteiger partial charge is 0.132 e. The Bertz CT molecular complexity index is 238. The van der Waals surface area contributed by atoms with Crippen LogP contribution in [0.1, 0.15) is 51.9 Å². The molecule has 1 saturated carbocycles. The number of ketones is 1. The molecule has 0 heterocycles. The Hall–Kier alpha value is -0.590. The molecule has 0 aliphatic heterocycles. The standard InChI is InChI=1S/C14H22O/c1-2-11(15)9-10-14-12-7-5-3-4-6-8-13(12)14/h3-4,12-14H,2,5-10H2,1H3/b4-3+/t12-,13+,14?. The van der Waals surface area contributed by atoms with Crippen LogP contribution in [0.2, 0.25) is 0 Å². The van der Waals surface area contributed by atoms with Crippen LogP contribution in [-0.4, -0.2) is 5.78 Å². The van der Waals surface area contributed by atoms with Crippen LogP contribution in [0.4, 0.5) is 0 Å². The van der Waals surface area contributed by atoms with Gasteiger partial charge in [-0.2, -0.15) is 0 Å². The summed E-state index contributed by atoms with van der Waals surface area (Å²) in [6, 6.07) is 0. The Labute approximate surface area is 92.9 Å². The van der Waals surface area contributed by atoms with Gasteiger partial charge in [-0.25, -0.2) is 0 Å². The van der Waals surface area contributed by atoms with E-state index in [1.807, 2.05) is 6.92 Å². The average Bonchev–Trinajstić information content (AvgIpc) is 2.85. The quantitative estimate of drug-likeness (QED) is 0.640. The molecule has 84 valence electrons. The number of rotatable bonds is 4. The van der Waals surface area contributed by atoms with Crippen LogP contribution in [0.3, 0.4) is 0 Å². The van der Waals surface area contributed by atoms with Gasteiger partial charge in [0.05, 0.1) is 0 Å². The lowest BCUT2D eigenvalue weighted by Gasteiger charge is -1.99. The molecule has 1 unspecified atom stereocenters. The number of fused-ring (bicyclic) bond motifs is 1. The molecular formula is C14H22O. The second-order valence-corrected chi connectivity index (χ2v) is 5.05. The zero-order valence-electron chi connectivity index (χ0n) is 9.74. The highest BCUT2D eigenvalue weighted by atomic mass is 16.1. The number of hydrogen-bond donors (Lipinski definition) is 0. The minimum absolute atomic E-state index is 0.451. The average molecular weight is 206 g/mol. The van der Waals surface area contributed by atoms with E-state index in [2.05, 4.69) is 12.2 Å². The van der Waals surface area contributed by atoms with Crippen LogP contribution >= 0.6 is 0 Å². The molecule has 0 spiro atoms. The SMILES string of the molecule is CCC(=O)CCC1[C@H]2CC/C=C/CC[C@@H]12. The molecule has 2 rings (SSSR count). The summed E-state index contributed by atoms with van der Waals surface area (Å²) >= 11 is 0. The summed E-state index contributed by atoms with van der Waals surface area (Å²) in [5.41, 5.74) is 0. The minimum Gasteiger partial charge on any atom is -0.300 e. The van der Waals surface area contributed by atoms with Crippen molar-refractivity contribution < 1.29 is 4.79 Å². The van der Waals surface area contributed by atoms with E-state index in [1.54, 1.807) is 0 Å². The highest BCUT2D eigenvalue weighted by Gasteiger charge is 2.47. The van der Waals surface area contributed by atoms with E-state index in [9.17, 15) is 4.79 Å². The summed E-state index contributed by atoms with van der Waals surface area (Å²) in [5, 5.41) is 0. The summed E-state index contributed by atoms with van der Waals surface area (Å²) in [6.07, 6.45) is 12.7. The van der Waals surface area contributed by atoms with Crippen molar-refractivity contribution in [1.29, 1.82) is 0 Å². The van der Waals surface area contributed by atoms with Gasteiger partial charge in [-0.05, 0) is 49.9 Å². The molecule has 1 heteroatoms. The monoisotopic (exact) mass is 206 g/mol. The molecule has 0 aromatic heterocycles. The third kappa shape index (κ3) is 2.70. The molecule has 3 atom stereocenters. The van der Waals surface area contributed by atoms with E-state index >= 15 is 0 Å². The number of carbonyl (C=O) groups is 1. The maximum absolute atomic E-state index is 11.3. The first kappa shape index (κ1) is 10.9. The highest BCUT2D eigenvalue weighted by molar-refractivity contribution is 5.77. The summed E-state index contributed by atoms with van der Waals surface area (Å²) in [7, 11) is 0. The Morgan fingerprint density at radius 1 is 1.20 bits per heavy atom. The van der Waals surface area contributed by atoms with Gasteiger partial charge in [0.1, 0.15) is 5.78 Å². The zero-order valence-corrected chi connectivity index (χ0v) is 9.74. The third-order valence-electron chi connectivity index (χ3n) is 4.16. The highest BCUT2D eigenvalue weighted by Crippen LogP contribution is 2.55. The largest absolute Gasteiger partial charge is 0.300 e. The van der Waals surface area contributed by atoms with Crippen LogP contribution in [0.15, 0.2) is 12.2 Å². The fourth-order valence-corrected chi connectivity index (χ4v) is 3.13. The van der Waals surface area contributed by atoms with Crippen LogP contribution in [0, 0.1) is 17.8 Å². The molecule has 0 aromatic rings. The molecule has 15 heavy (non-hydrogen) atoms. The molecule has 1 nitrogen and oxygen atoms in total. The van der Waals surface area contributed by atoms with Gasteiger partial charge in [0.25, 0.3) is 0 Å². The van der Waals surface area contributed by atoms with E-state index in [0.717, 1.165) is 30.6 Å². The van der Waals surface area contributed by atoms with E-state index in [1.165, 1.54) is 32.1 Å². The molecule has 0 amide bonds. The van der Waals surface area contributed by atoms with E-state index in [4.69, 9.17) is 0 Å². The van der Waals surface area contributed by atoms with Gasteiger partial charge in [0.15, 0.2) is 0 Å². The van der Waals surface area contributed by atoms with Crippen molar-refractivity contribution in [2.75, 3.05) is 0 Å². The van der Waals surface area contributed by atoms with Crippen LogP contribution in [-0.2, 0) is 4.79 Å². The van der Waals surface area contributed by atoms with Crippen LogP contribution < -0.4 is 0 Å². The van der Waals surface area contributed by atoms with E-state index in [0.29, 0.717) is 5.78 Å². The Balaban J connectivity index is 1.75. The van der Waals surface area contributed by atoms with Gasteiger partial charge in [0.2, 0.25) is 0 Å². The first-order valence-electron chi connectivity index (χ1n) is 6.49. The number of carbonyl (C=O) groups excluding carboxylic acids is 1. The van der Waals surface area contributed by atoms with Gasteiger partial charge in [0, 0.05) is 12.8 Å². The van der Waals surface area contributed by atoms with Crippen molar-refractivity contribution in [2.24, 2.45) is 17.8 Å². The van der Waals surface area contributed by atoms with Crippen molar-refractivity contribution in [3.8, 4) is 0 Å². The Morgan fingerprint density at radius 3 is 2.33 bits per heavy atom. The molecule has 2 aliphatic carbocycles. The summed E-state index contributed by atoms with van der Waals surface area (Å²) in [4.78, 5) is 11.3. The molecule has 2 aliphatic rings. The minimum atomic E-state index is 0.451. The lowest BCUT2D eigenvalue weighted by atomic mass is 10.1. The second kappa shape index (κ2) is 4.96. The first-order chi connectivity index (χ1) is 7.33. The van der Waals surface area contributed by atoms with Gasteiger partial charge in [-0.3, -0.25) is 4.79 Å². The molecule has 0 bridgehead atoms. The number of allylic oxidation sites excluding steroid dienone is 2. The summed E-state index contributed by atoms with van der Waals surface area (Å²) in [5.74, 6) is 3.26. The van der Waals surface area contributed by atoms with Crippen LogP contribution in [0.5, 0.6) is 0 Å². The van der Waals surface area contributed by atoms with E-state index < -0.39 is 0 Å². The maximum Gasteiger partial charge on any atom is 0.132 e. The molecule has 0 radical (unpaired) electrons.